The summed E-state index contributed by atoms with van der Waals surface area (Å²) in [6.45, 7) is 4.98. The van der Waals surface area contributed by atoms with Crippen LogP contribution in [0.2, 0.25) is 0 Å². The minimum Gasteiger partial charge on any atom is -0.379 e. The van der Waals surface area contributed by atoms with Crippen LogP contribution in [0.1, 0.15) is 18.4 Å². The first-order valence-electron chi connectivity index (χ1n) is 9.15. The fourth-order valence-corrected chi connectivity index (χ4v) is 3.49. The van der Waals surface area contributed by atoms with E-state index >= 15 is 0 Å². The van der Waals surface area contributed by atoms with Crippen molar-refractivity contribution >= 4 is 11.8 Å². The van der Waals surface area contributed by atoms with Crippen molar-refractivity contribution in [3.8, 4) is 0 Å². The summed E-state index contributed by atoms with van der Waals surface area (Å²) in [5.74, 6) is 0.237. The van der Waals surface area contributed by atoms with Gasteiger partial charge in [0.15, 0.2) is 0 Å². The van der Waals surface area contributed by atoms with E-state index < -0.39 is 0 Å². The molecule has 0 saturated carbocycles. The van der Waals surface area contributed by atoms with Gasteiger partial charge in [0.2, 0.25) is 11.8 Å². The SMILES string of the molecule is O=C(CCc1ccccc1)NCCN1CCC(N2CCOCC2)C1=O. The van der Waals surface area contributed by atoms with Crippen LogP contribution in [0.4, 0.5) is 0 Å². The van der Waals surface area contributed by atoms with Crippen LogP contribution in [0.15, 0.2) is 30.3 Å². The lowest BCUT2D eigenvalue weighted by Crippen LogP contribution is -2.48. The summed E-state index contributed by atoms with van der Waals surface area (Å²) in [4.78, 5) is 28.6. The van der Waals surface area contributed by atoms with Crippen molar-refractivity contribution < 1.29 is 14.3 Å². The Hall–Kier alpha value is -1.92. The molecule has 25 heavy (non-hydrogen) atoms. The van der Waals surface area contributed by atoms with Gasteiger partial charge in [-0.15, -0.1) is 0 Å². The van der Waals surface area contributed by atoms with Gasteiger partial charge < -0.3 is 15.0 Å². The molecule has 2 amide bonds. The smallest absolute Gasteiger partial charge is 0.240 e. The average Bonchev–Trinajstić information content (AvgIpc) is 3.02. The maximum atomic E-state index is 12.5. The molecule has 6 heteroatoms. The van der Waals surface area contributed by atoms with Gasteiger partial charge in [0.25, 0.3) is 0 Å². The molecule has 2 heterocycles. The zero-order valence-corrected chi connectivity index (χ0v) is 14.7. The summed E-state index contributed by atoms with van der Waals surface area (Å²) in [6.07, 6.45) is 2.10. The number of amides is 2. The van der Waals surface area contributed by atoms with Gasteiger partial charge in [-0.3, -0.25) is 14.5 Å². The lowest BCUT2D eigenvalue weighted by molar-refractivity contribution is -0.133. The number of likely N-dealkylation sites (tertiary alicyclic amines) is 1. The summed E-state index contributed by atoms with van der Waals surface area (Å²) < 4.78 is 5.35. The topological polar surface area (TPSA) is 61.9 Å². The number of carbonyl (C=O) groups is 2. The van der Waals surface area contributed by atoms with Crippen LogP contribution >= 0.6 is 0 Å². The van der Waals surface area contributed by atoms with Gasteiger partial charge in [0.1, 0.15) is 0 Å². The monoisotopic (exact) mass is 345 g/mol. The highest BCUT2D eigenvalue weighted by molar-refractivity contribution is 5.84. The number of hydrogen-bond acceptors (Lipinski definition) is 4. The molecule has 0 aliphatic carbocycles. The fraction of sp³-hybridized carbons (Fsp3) is 0.579. The van der Waals surface area contributed by atoms with Crippen molar-refractivity contribution in [2.24, 2.45) is 0 Å². The highest BCUT2D eigenvalue weighted by atomic mass is 16.5. The number of carbonyl (C=O) groups excluding carboxylic acids is 2. The van der Waals surface area contributed by atoms with Crippen molar-refractivity contribution in [3.05, 3.63) is 35.9 Å². The van der Waals surface area contributed by atoms with Gasteiger partial charge >= 0.3 is 0 Å². The van der Waals surface area contributed by atoms with E-state index in [1.165, 1.54) is 5.56 Å². The third-order valence-electron chi connectivity index (χ3n) is 4.94. The Morgan fingerprint density at radius 3 is 2.68 bits per heavy atom. The maximum absolute atomic E-state index is 12.5. The predicted octanol–water partition coefficient (Wildman–Crippen LogP) is 0.669. The molecule has 2 saturated heterocycles. The summed E-state index contributed by atoms with van der Waals surface area (Å²) in [5, 5.41) is 2.93. The molecule has 2 aliphatic heterocycles. The molecule has 0 radical (unpaired) electrons. The van der Waals surface area contributed by atoms with E-state index in [1.807, 2.05) is 35.2 Å². The number of hydrogen-bond donors (Lipinski definition) is 1. The van der Waals surface area contributed by atoms with Crippen LogP contribution < -0.4 is 5.32 Å². The molecule has 6 nitrogen and oxygen atoms in total. The quantitative estimate of drug-likeness (QED) is 0.789. The Morgan fingerprint density at radius 1 is 1.16 bits per heavy atom. The summed E-state index contributed by atoms with van der Waals surface area (Å²) in [7, 11) is 0. The maximum Gasteiger partial charge on any atom is 0.240 e. The van der Waals surface area contributed by atoms with Gasteiger partial charge in [-0.1, -0.05) is 30.3 Å². The van der Waals surface area contributed by atoms with Crippen molar-refractivity contribution in [1.29, 1.82) is 0 Å². The fourth-order valence-electron chi connectivity index (χ4n) is 3.49. The zero-order chi connectivity index (χ0) is 17.5. The highest BCUT2D eigenvalue weighted by Crippen LogP contribution is 2.18. The normalized spacial score (nSPS) is 21.5. The Bertz CT molecular complexity index is 573. The van der Waals surface area contributed by atoms with Gasteiger partial charge in [-0.25, -0.2) is 0 Å². The van der Waals surface area contributed by atoms with Gasteiger partial charge in [0, 0.05) is 39.1 Å². The molecule has 1 atom stereocenters. The molecule has 0 bridgehead atoms. The van der Waals surface area contributed by atoms with Crippen LogP contribution in [0.3, 0.4) is 0 Å². The summed E-state index contributed by atoms with van der Waals surface area (Å²) in [5.41, 5.74) is 1.17. The lowest BCUT2D eigenvalue weighted by atomic mass is 10.1. The van der Waals surface area contributed by atoms with E-state index in [1.54, 1.807) is 0 Å². The van der Waals surface area contributed by atoms with Crippen molar-refractivity contribution in [2.75, 3.05) is 45.9 Å². The third kappa shape index (κ3) is 5.03. The Kier molecular flexibility index (Phi) is 6.42. The van der Waals surface area contributed by atoms with Gasteiger partial charge in [-0.2, -0.15) is 0 Å². The van der Waals surface area contributed by atoms with Gasteiger partial charge in [0.05, 0.1) is 19.3 Å². The van der Waals surface area contributed by atoms with E-state index in [4.69, 9.17) is 4.74 Å². The predicted molar refractivity (Wildman–Crippen MR) is 95.1 cm³/mol. The number of ether oxygens (including phenoxy) is 1. The third-order valence-corrected chi connectivity index (χ3v) is 4.94. The molecule has 1 unspecified atom stereocenters. The molecular weight excluding hydrogens is 318 g/mol. The standard InChI is InChI=1S/C19H27N3O3/c23-18(7-6-16-4-2-1-3-5-16)20-9-11-22-10-8-17(19(22)24)21-12-14-25-15-13-21/h1-5,17H,6-15H2,(H,20,23). The highest BCUT2D eigenvalue weighted by Gasteiger charge is 2.36. The molecular formula is C19H27N3O3. The van der Waals surface area contributed by atoms with Crippen LogP contribution in [0, 0.1) is 0 Å². The average molecular weight is 345 g/mol. The lowest BCUT2D eigenvalue weighted by Gasteiger charge is -2.31. The minimum absolute atomic E-state index is 0.00215. The van der Waals surface area contributed by atoms with Crippen molar-refractivity contribution in [3.63, 3.8) is 0 Å². The van der Waals surface area contributed by atoms with Crippen molar-refractivity contribution in [1.82, 2.24) is 15.1 Å². The first-order valence-corrected chi connectivity index (χ1v) is 9.15. The summed E-state index contributed by atoms with van der Waals surface area (Å²) in [6, 6.07) is 10.00. The molecule has 1 aromatic carbocycles. The Labute approximate surface area is 149 Å². The van der Waals surface area contributed by atoms with Crippen LogP contribution in [0.5, 0.6) is 0 Å². The number of nitrogens with zero attached hydrogens (tertiary/aromatic N) is 2. The van der Waals surface area contributed by atoms with E-state index in [-0.39, 0.29) is 17.9 Å². The first-order chi connectivity index (χ1) is 12.2. The molecule has 2 aliphatic rings. The Morgan fingerprint density at radius 2 is 1.92 bits per heavy atom. The van der Waals surface area contributed by atoms with E-state index in [9.17, 15) is 9.59 Å². The second kappa shape index (κ2) is 8.97. The minimum atomic E-state index is -0.00215. The molecule has 1 N–H and O–H groups in total. The van der Waals surface area contributed by atoms with E-state index in [2.05, 4.69) is 10.2 Å². The molecule has 1 aromatic rings. The number of morpholine rings is 1. The molecule has 2 fully saturated rings. The Balaban J connectivity index is 1.34. The molecule has 136 valence electrons. The second-order valence-corrected chi connectivity index (χ2v) is 6.61. The molecule has 0 spiro atoms. The number of nitrogens with one attached hydrogen (secondary N) is 1. The van der Waals surface area contributed by atoms with Crippen LogP contribution in [0.25, 0.3) is 0 Å². The van der Waals surface area contributed by atoms with Crippen LogP contribution in [-0.4, -0.2) is 73.6 Å². The zero-order valence-electron chi connectivity index (χ0n) is 14.7. The molecule has 3 rings (SSSR count). The van der Waals surface area contributed by atoms with E-state index in [0.717, 1.165) is 32.5 Å². The number of rotatable bonds is 7. The van der Waals surface area contributed by atoms with E-state index in [0.29, 0.717) is 32.7 Å². The molecule has 0 aromatic heterocycles. The van der Waals surface area contributed by atoms with Crippen molar-refractivity contribution in [2.45, 2.75) is 25.3 Å². The number of benzene rings is 1. The first kappa shape index (κ1) is 17.9. The number of aryl methyl sites for hydroxylation is 1. The largest absolute Gasteiger partial charge is 0.379 e. The second-order valence-electron chi connectivity index (χ2n) is 6.61. The summed E-state index contributed by atoms with van der Waals surface area (Å²) >= 11 is 0. The van der Waals surface area contributed by atoms with Gasteiger partial charge in [-0.05, 0) is 18.4 Å². The van der Waals surface area contributed by atoms with Crippen LogP contribution in [-0.2, 0) is 20.7 Å².